The number of rotatable bonds is 7. The lowest BCUT2D eigenvalue weighted by molar-refractivity contribution is 0.249. The number of hydrogen-bond acceptors (Lipinski definition) is 3. The predicted octanol–water partition coefficient (Wildman–Crippen LogP) is 2.85. The Balaban J connectivity index is 0.00000288. The van der Waals surface area contributed by atoms with Crippen LogP contribution < -0.4 is 15.4 Å². The molecule has 0 amide bonds. The first kappa shape index (κ1) is 21.0. The standard InChI is InChI=1S/C18H30N4O.HI/c1-19-18(20-11-12-22(2)16-8-4-5-9-16)21-14-15-7-6-10-17(13-15)23-3;/h6-7,10,13,16H,4-5,8-9,11-12,14H2,1-3H3,(H2,19,20,21);1H. The topological polar surface area (TPSA) is 48.9 Å². The zero-order chi connectivity index (χ0) is 16.5. The van der Waals surface area contributed by atoms with Crippen molar-refractivity contribution < 1.29 is 4.74 Å². The van der Waals surface area contributed by atoms with Crippen molar-refractivity contribution in [2.45, 2.75) is 38.3 Å². The summed E-state index contributed by atoms with van der Waals surface area (Å²) in [5.74, 6) is 1.72. The van der Waals surface area contributed by atoms with E-state index in [-0.39, 0.29) is 24.0 Å². The third kappa shape index (κ3) is 6.84. The molecule has 0 radical (unpaired) electrons. The first-order valence-electron chi connectivity index (χ1n) is 8.50. The Hall–Kier alpha value is -1.02. The molecule has 5 nitrogen and oxygen atoms in total. The predicted molar refractivity (Wildman–Crippen MR) is 111 cm³/mol. The van der Waals surface area contributed by atoms with E-state index in [9.17, 15) is 0 Å². The van der Waals surface area contributed by atoms with Crippen LogP contribution in [-0.2, 0) is 6.54 Å². The zero-order valence-corrected chi connectivity index (χ0v) is 17.4. The second-order valence-electron chi connectivity index (χ2n) is 6.12. The molecule has 0 bridgehead atoms. The van der Waals surface area contributed by atoms with Crippen molar-refractivity contribution in [1.29, 1.82) is 0 Å². The molecule has 24 heavy (non-hydrogen) atoms. The first-order chi connectivity index (χ1) is 11.2. The molecule has 0 aromatic heterocycles. The number of benzene rings is 1. The Labute approximate surface area is 163 Å². The number of ether oxygens (including phenoxy) is 1. The van der Waals surface area contributed by atoms with Crippen LogP contribution >= 0.6 is 24.0 Å². The van der Waals surface area contributed by atoms with Crippen molar-refractivity contribution in [2.24, 2.45) is 4.99 Å². The van der Waals surface area contributed by atoms with Crippen LogP contribution in [0.4, 0.5) is 0 Å². The number of hydrogen-bond donors (Lipinski definition) is 2. The average Bonchev–Trinajstić information content (AvgIpc) is 3.12. The highest BCUT2D eigenvalue weighted by Crippen LogP contribution is 2.21. The van der Waals surface area contributed by atoms with Gasteiger partial charge in [-0.3, -0.25) is 4.99 Å². The molecule has 0 spiro atoms. The summed E-state index contributed by atoms with van der Waals surface area (Å²) < 4.78 is 5.25. The molecule has 0 aliphatic heterocycles. The molecule has 1 aromatic carbocycles. The van der Waals surface area contributed by atoms with Gasteiger partial charge in [-0.15, -0.1) is 24.0 Å². The molecule has 2 N–H and O–H groups in total. The number of guanidine groups is 1. The molecule has 0 heterocycles. The minimum Gasteiger partial charge on any atom is -0.497 e. The largest absolute Gasteiger partial charge is 0.497 e. The fourth-order valence-electron chi connectivity index (χ4n) is 3.07. The second-order valence-corrected chi connectivity index (χ2v) is 6.12. The molecular formula is C18H31IN4O. The van der Waals surface area contributed by atoms with E-state index >= 15 is 0 Å². The van der Waals surface area contributed by atoms with Crippen LogP contribution in [0.15, 0.2) is 29.3 Å². The van der Waals surface area contributed by atoms with Gasteiger partial charge >= 0.3 is 0 Å². The molecule has 1 saturated carbocycles. The summed E-state index contributed by atoms with van der Waals surface area (Å²) in [6.07, 6.45) is 5.46. The molecule has 2 rings (SSSR count). The van der Waals surface area contributed by atoms with Crippen LogP contribution in [0.2, 0.25) is 0 Å². The van der Waals surface area contributed by atoms with Gasteiger partial charge in [0.25, 0.3) is 0 Å². The van der Waals surface area contributed by atoms with Gasteiger partial charge in [0.15, 0.2) is 5.96 Å². The van der Waals surface area contributed by atoms with Crippen molar-refractivity contribution in [3.8, 4) is 5.75 Å². The highest BCUT2D eigenvalue weighted by molar-refractivity contribution is 14.0. The normalized spacial score (nSPS) is 15.2. The Bertz CT molecular complexity index is 504. The van der Waals surface area contributed by atoms with Crippen LogP contribution in [0.25, 0.3) is 0 Å². The maximum absolute atomic E-state index is 5.25. The molecule has 1 aromatic rings. The van der Waals surface area contributed by atoms with Gasteiger partial charge in [0.2, 0.25) is 0 Å². The second kappa shape index (κ2) is 11.5. The summed E-state index contributed by atoms with van der Waals surface area (Å²) in [5.41, 5.74) is 1.18. The van der Waals surface area contributed by atoms with E-state index < -0.39 is 0 Å². The minimum atomic E-state index is 0. The fraction of sp³-hybridized carbons (Fsp3) is 0.611. The van der Waals surface area contributed by atoms with Gasteiger partial charge in [0, 0.05) is 32.7 Å². The lowest BCUT2D eigenvalue weighted by Gasteiger charge is -2.24. The number of aliphatic imine (C=N–C) groups is 1. The Morgan fingerprint density at radius 3 is 2.71 bits per heavy atom. The number of halogens is 1. The summed E-state index contributed by atoms with van der Waals surface area (Å²) in [4.78, 5) is 6.75. The van der Waals surface area contributed by atoms with Gasteiger partial charge in [-0.2, -0.15) is 0 Å². The number of nitrogens with zero attached hydrogens (tertiary/aromatic N) is 2. The average molecular weight is 446 g/mol. The van der Waals surface area contributed by atoms with Crippen molar-refractivity contribution in [3.63, 3.8) is 0 Å². The quantitative estimate of drug-likeness (QED) is 0.384. The van der Waals surface area contributed by atoms with Crippen LogP contribution in [0, 0.1) is 0 Å². The van der Waals surface area contributed by atoms with Crippen LogP contribution in [-0.4, -0.2) is 51.2 Å². The highest BCUT2D eigenvalue weighted by Gasteiger charge is 2.18. The number of nitrogens with one attached hydrogen (secondary N) is 2. The Morgan fingerprint density at radius 2 is 2.04 bits per heavy atom. The fourth-order valence-corrected chi connectivity index (χ4v) is 3.07. The maximum Gasteiger partial charge on any atom is 0.191 e. The minimum absolute atomic E-state index is 0. The highest BCUT2D eigenvalue weighted by atomic mass is 127. The summed E-state index contributed by atoms with van der Waals surface area (Å²) in [7, 11) is 5.72. The number of methoxy groups -OCH3 is 1. The number of likely N-dealkylation sites (N-methyl/N-ethyl adjacent to an activating group) is 1. The summed E-state index contributed by atoms with van der Waals surface area (Å²) in [6, 6.07) is 8.84. The van der Waals surface area contributed by atoms with Gasteiger partial charge in [-0.05, 0) is 37.6 Å². The Kier molecular flexibility index (Phi) is 10.1. The van der Waals surface area contributed by atoms with Crippen LogP contribution in [0.5, 0.6) is 5.75 Å². The molecule has 136 valence electrons. The lowest BCUT2D eigenvalue weighted by Crippen LogP contribution is -2.42. The molecule has 1 fully saturated rings. The third-order valence-corrected chi connectivity index (χ3v) is 4.52. The van der Waals surface area contributed by atoms with E-state index in [0.29, 0.717) is 0 Å². The zero-order valence-electron chi connectivity index (χ0n) is 15.0. The van der Waals surface area contributed by atoms with E-state index in [1.165, 1.54) is 31.2 Å². The molecule has 1 aliphatic carbocycles. The lowest BCUT2D eigenvalue weighted by atomic mass is 10.2. The molecular weight excluding hydrogens is 415 g/mol. The third-order valence-electron chi connectivity index (χ3n) is 4.52. The maximum atomic E-state index is 5.25. The van der Waals surface area contributed by atoms with E-state index in [1.54, 1.807) is 7.11 Å². The smallest absolute Gasteiger partial charge is 0.191 e. The van der Waals surface area contributed by atoms with Crippen molar-refractivity contribution in [1.82, 2.24) is 15.5 Å². The van der Waals surface area contributed by atoms with Crippen molar-refractivity contribution >= 4 is 29.9 Å². The van der Waals surface area contributed by atoms with Gasteiger partial charge in [-0.1, -0.05) is 25.0 Å². The van der Waals surface area contributed by atoms with E-state index in [0.717, 1.165) is 37.4 Å². The molecule has 1 aliphatic rings. The first-order valence-corrected chi connectivity index (χ1v) is 8.50. The molecule has 6 heteroatoms. The van der Waals surface area contributed by atoms with E-state index in [1.807, 2.05) is 25.2 Å². The molecule has 0 saturated heterocycles. The van der Waals surface area contributed by atoms with Gasteiger partial charge in [0.1, 0.15) is 5.75 Å². The Morgan fingerprint density at radius 1 is 1.29 bits per heavy atom. The van der Waals surface area contributed by atoms with Crippen molar-refractivity contribution in [3.05, 3.63) is 29.8 Å². The van der Waals surface area contributed by atoms with Crippen LogP contribution in [0.3, 0.4) is 0 Å². The van der Waals surface area contributed by atoms with Crippen molar-refractivity contribution in [2.75, 3.05) is 34.3 Å². The van der Waals surface area contributed by atoms with E-state index in [4.69, 9.17) is 4.74 Å². The SMILES string of the molecule is CN=C(NCCN(C)C1CCCC1)NCc1cccc(OC)c1.I. The summed E-state index contributed by atoms with van der Waals surface area (Å²) in [6.45, 7) is 2.69. The monoisotopic (exact) mass is 446 g/mol. The van der Waals surface area contributed by atoms with Gasteiger partial charge in [-0.25, -0.2) is 0 Å². The van der Waals surface area contributed by atoms with E-state index in [2.05, 4.69) is 33.6 Å². The summed E-state index contributed by atoms with van der Waals surface area (Å²) >= 11 is 0. The molecule has 0 atom stereocenters. The van der Waals surface area contributed by atoms with Gasteiger partial charge in [0.05, 0.1) is 7.11 Å². The van der Waals surface area contributed by atoms with Gasteiger partial charge < -0.3 is 20.3 Å². The van der Waals surface area contributed by atoms with Crippen LogP contribution in [0.1, 0.15) is 31.2 Å². The molecule has 0 unspecified atom stereocenters. The summed E-state index contributed by atoms with van der Waals surface area (Å²) in [5, 5.41) is 6.73.